The molecule has 0 fully saturated rings. The molecule has 0 aliphatic heterocycles. The van der Waals surface area contributed by atoms with Crippen molar-refractivity contribution in [3.63, 3.8) is 0 Å². The summed E-state index contributed by atoms with van der Waals surface area (Å²) >= 11 is 1.73. The van der Waals surface area contributed by atoms with Gasteiger partial charge in [0, 0.05) is 36.2 Å². The summed E-state index contributed by atoms with van der Waals surface area (Å²) in [5, 5.41) is 7.68. The van der Waals surface area contributed by atoms with Gasteiger partial charge >= 0.3 is 0 Å². The molecule has 0 N–H and O–H groups in total. The van der Waals surface area contributed by atoms with E-state index in [1.807, 2.05) is 17.5 Å². The molecule has 3 aromatic rings. The van der Waals surface area contributed by atoms with Crippen LogP contribution in [-0.4, -0.2) is 26.6 Å². The Balaban J connectivity index is 1.89. The number of aryl methyl sites for hydroxylation is 1. The number of thiazole rings is 1. The first-order valence-corrected chi connectivity index (χ1v) is 7.89. The molecule has 0 aliphatic carbocycles. The van der Waals surface area contributed by atoms with Crippen molar-refractivity contribution >= 4 is 22.8 Å². The molecule has 21 heavy (non-hydrogen) atoms. The lowest BCUT2D eigenvalue weighted by Crippen LogP contribution is -2.20. The average molecular weight is 301 g/mol. The quantitative estimate of drug-likeness (QED) is 0.742. The van der Waals surface area contributed by atoms with E-state index in [-0.39, 0.29) is 0 Å². The highest BCUT2D eigenvalue weighted by Crippen LogP contribution is 2.22. The predicted molar refractivity (Wildman–Crippen MR) is 86.0 cm³/mol. The van der Waals surface area contributed by atoms with Crippen LogP contribution in [0.25, 0.3) is 5.65 Å². The molecular weight excluding hydrogens is 282 g/mol. The van der Waals surface area contributed by atoms with Gasteiger partial charge in [0.1, 0.15) is 5.82 Å². The highest BCUT2D eigenvalue weighted by atomic mass is 32.1. The second kappa shape index (κ2) is 5.44. The van der Waals surface area contributed by atoms with Gasteiger partial charge in [0.15, 0.2) is 5.65 Å². The monoisotopic (exact) mass is 301 g/mol. The smallest absolute Gasteiger partial charge is 0.157 e. The Morgan fingerprint density at radius 1 is 1.33 bits per heavy atom. The third-order valence-corrected chi connectivity index (χ3v) is 4.52. The summed E-state index contributed by atoms with van der Waals surface area (Å²) in [4.78, 5) is 11.3. The molecule has 3 aromatic heterocycles. The van der Waals surface area contributed by atoms with Crippen molar-refractivity contribution in [3.05, 3.63) is 40.1 Å². The molecule has 0 atom stereocenters. The summed E-state index contributed by atoms with van der Waals surface area (Å²) in [6, 6.07) is 3.97. The van der Waals surface area contributed by atoms with Crippen LogP contribution in [0.3, 0.4) is 0 Å². The van der Waals surface area contributed by atoms with Crippen molar-refractivity contribution in [1.82, 2.24) is 19.6 Å². The summed E-state index contributed by atoms with van der Waals surface area (Å²) in [5.41, 5.74) is 2.96. The van der Waals surface area contributed by atoms with E-state index in [1.165, 1.54) is 5.01 Å². The second-order valence-electron chi connectivity index (χ2n) is 5.54. The van der Waals surface area contributed by atoms with Crippen molar-refractivity contribution in [3.8, 4) is 0 Å². The van der Waals surface area contributed by atoms with Crippen LogP contribution in [0.1, 0.15) is 36.2 Å². The van der Waals surface area contributed by atoms with E-state index in [0.29, 0.717) is 5.92 Å². The van der Waals surface area contributed by atoms with E-state index in [1.54, 1.807) is 17.5 Å². The van der Waals surface area contributed by atoms with E-state index < -0.39 is 0 Å². The molecule has 3 rings (SSSR count). The molecule has 0 amide bonds. The number of nitrogens with zero attached hydrogens (tertiary/aromatic N) is 5. The fraction of sp³-hybridized carbons (Fsp3) is 0.400. The zero-order valence-corrected chi connectivity index (χ0v) is 13.6. The van der Waals surface area contributed by atoms with Crippen LogP contribution in [0.2, 0.25) is 0 Å². The third-order valence-electron chi connectivity index (χ3n) is 3.32. The number of rotatable bonds is 4. The van der Waals surface area contributed by atoms with Gasteiger partial charge in [0.25, 0.3) is 0 Å². The molecule has 0 radical (unpaired) electrons. The third kappa shape index (κ3) is 2.76. The Labute approximate surface area is 128 Å². The van der Waals surface area contributed by atoms with E-state index in [4.69, 9.17) is 4.98 Å². The van der Waals surface area contributed by atoms with Gasteiger partial charge in [-0.15, -0.1) is 11.3 Å². The SMILES string of the molecule is Cc1cc(N(C)Cc2csc(C(C)C)n2)n2nccc2n1. The zero-order chi connectivity index (χ0) is 15.0. The minimum Gasteiger partial charge on any atom is -0.354 e. The Morgan fingerprint density at radius 2 is 2.14 bits per heavy atom. The first-order valence-electron chi connectivity index (χ1n) is 7.01. The lowest BCUT2D eigenvalue weighted by molar-refractivity contribution is 0.797. The molecule has 3 heterocycles. The highest BCUT2D eigenvalue weighted by Gasteiger charge is 2.12. The number of aromatic nitrogens is 4. The van der Waals surface area contributed by atoms with Gasteiger partial charge in [-0.25, -0.2) is 9.97 Å². The molecule has 6 heteroatoms. The van der Waals surface area contributed by atoms with Gasteiger partial charge in [-0.2, -0.15) is 9.61 Å². The van der Waals surface area contributed by atoms with Crippen LogP contribution in [0.5, 0.6) is 0 Å². The Bertz CT molecular complexity index is 758. The standard InChI is InChI=1S/C15H19N5S/c1-10(2)15-18-12(9-21-15)8-19(4)14-7-11(3)17-13-5-6-16-20(13)14/h5-7,9-10H,8H2,1-4H3. The van der Waals surface area contributed by atoms with Gasteiger partial charge in [-0.3, -0.25) is 0 Å². The first kappa shape index (κ1) is 14.0. The fourth-order valence-corrected chi connectivity index (χ4v) is 3.10. The van der Waals surface area contributed by atoms with Crippen molar-refractivity contribution in [2.45, 2.75) is 33.2 Å². The van der Waals surface area contributed by atoms with Crippen LogP contribution in [0, 0.1) is 6.92 Å². The van der Waals surface area contributed by atoms with Crippen LogP contribution in [0.4, 0.5) is 5.82 Å². The molecule has 0 aliphatic rings. The number of hydrogen-bond acceptors (Lipinski definition) is 5. The molecule has 0 saturated heterocycles. The number of hydrogen-bond donors (Lipinski definition) is 0. The van der Waals surface area contributed by atoms with Gasteiger partial charge in [0.2, 0.25) is 0 Å². The van der Waals surface area contributed by atoms with Gasteiger partial charge < -0.3 is 4.90 Å². The predicted octanol–water partition coefficient (Wildman–Crippen LogP) is 3.25. The lowest BCUT2D eigenvalue weighted by Gasteiger charge is -2.19. The van der Waals surface area contributed by atoms with Crippen molar-refractivity contribution in [2.75, 3.05) is 11.9 Å². The Morgan fingerprint density at radius 3 is 2.86 bits per heavy atom. The van der Waals surface area contributed by atoms with Crippen molar-refractivity contribution in [2.24, 2.45) is 0 Å². The average Bonchev–Trinajstić information content (AvgIpc) is 3.06. The molecule has 5 nitrogen and oxygen atoms in total. The minimum absolute atomic E-state index is 0.482. The molecular formula is C15H19N5S. The summed E-state index contributed by atoms with van der Waals surface area (Å²) in [5.74, 6) is 1.51. The maximum Gasteiger partial charge on any atom is 0.157 e. The van der Waals surface area contributed by atoms with Gasteiger partial charge in [-0.1, -0.05) is 13.8 Å². The normalized spacial score (nSPS) is 11.5. The summed E-state index contributed by atoms with van der Waals surface area (Å²) < 4.78 is 1.86. The van der Waals surface area contributed by atoms with Gasteiger partial charge in [0.05, 0.1) is 23.4 Å². The second-order valence-corrected chi connectivity index (χ2v) is 6.43. The summed E-state index contributed by atoms with van der Waals surface area (Å²) in [7, 11) is 2.06. The molecule has 0 aromatic carbocycles. The first-order chi connectivity index (χ1) is 10.0. The van der Waals surface area contributed by atoms with Crippen LogP contribution < -0.4 is 4.90 Å². The van der Waals surface area contributed by atoms with Crippen LogP contribution in [0.15, 0.2) is 23.7 Å². The van der Waals surface area contributed by atoms with E-state index in [9.17, 15) is 0 Å². The van der Waals surface area contributed by atoms with E-state index >= 15 is 0 Å². The maximum atomic E-state index is 4.70. The van der Waals surface area contributed by atoms with Gasteiger partial charge in [-0.05, 0) is 6.92 Å². The van der Waals surface area contributed by atoms with Crippen LogP contribution >= 0.6 is 11.3 Å². The van der Waals surface area contributed by atoms with Crippen molar-refractivity contribution in [1.29, 1.82) is 0 Å². The molecule has 0 bridgehead atoms. The minimum atomic E-state index is 0.482. The number of fused-ring (bicyclic) bond motifs is 1. The molecule has 0 spiro atoms. The topological polar surface area (TPSA) is 46.3 Å². The Kier molecular flexibility index (Phi) is 3.63. The Hall–Kier alpha value is -1.95. The summed E-state index contributed by atoms with van der Waals surface area (Å²) in [6.45, 7) is 7.11. The largest absolute Gasteiger partial charge is 0.354 e. The van der Waals surface area contributed by atoms with E-state index in [0.717, 1.165) is 29.4 Å². The molecule has 0 unspecified atom stereocenters. The van der Waals surface area contributed by atoms with E-state index in [2.05, 4.69) is 47.3 Å². The summed E-state index contributed by atoms with van der Waals surface area (Å²) in [6.07, 6.45) is 1.78. The fourth-order valence-electron chi connectivity index (χ4n) is 2.27. The molecule has 110 valence electrons. The van der Waals surface area contributed by atoms with Crippen LogP contribution in [-0.2, 0) is 6.54 Å². The highest BCUT2D eigenvalue weighted by molar-refractivity contribution is 7.09. The molecule has 0 saturated carbocycles. The maximum absolute atomic E-state index is 4.70. The van der Waals surface area contributed by atoms with Crippen molar-refractivity contribution < 1.29 is 0 Å². The lowest BCUT2D eigenvalue weighted by atomic mass is 10.2. The number of anilines is 1. The zero-order valence-electron chi connectivity index (χ0n) is 12.7.